The number of benzene rings is 2. The van der Waals surface area contributed by atoms with Crippen LogP contribution in [-0.4, -0.2) is 17.9 Å². The molecule has 0 aliphatic heterocycles. The number of rotatable bonds is 5. The molecule has 32 heavy (non-hydrogen) atoms. The topological polar surface area (TPSA) is 85.6 Å². The van der Waals surface area contributed by atoms with Crippen molar-refractivity contribution < 1.29 is 18.7 Å². The fourth-order valence-electron chi connectivity index (χ4n) is 3.39. The molecule has 1 heterocycles. The van der Waals surface area contributed by atoms with E-state index in [0.29, 0.717) is 11.1 Å². The van der Waals surface area contributed by atoms with Crippen LogP contribution < -0.4 is 15.7 Å². The SMILES string of the molecule is Cc1cc(=O)oc2cc(OC(=O)C(NC(=O)c3ccc(C(C)(C)C)cc3)C(C)C)ccc12. The van der Waals surface area contributed by atoms with Crippen LogP contribution in [0.1, 0.15) is 56.1 Å². The molecule has 1 amide bonds. The average Bonchev–Trinajstić information content (AvgIpc) is 2.70. The van der Waals surface area contributed by atoms with Crippen LogP contribution >= 0.6 is 0 Å². The van der Waals surface area contributed by atoms with Crippen LogP contribution in [0.15, 0.2) is 57.7 Å². The van der Waals surface area contributed by atoms with Gasteiger partial charge in [-0.3, -0.25) is 4.79 Å². The first-order valence-electron chi connectivity index (χ1n) is 10.6. The summed E-state index contributed by atoms with van der Waals surface area (Å²) >= 11 is 0. The van der Waals surface area contributed by atoms with Crippen LogP contribution in [0.2, 0.25) is 0 Å². The Balaban J connectivity index is 1.76. The molecule has 0 aliphatic carbocycles. The minimum atomic E-state index is -0.843. The number of esters is 1. The van der Waals surface area contributed by atoms with E-state index in [-0.39, 0.29) is 23.0 Å². The Morgan fingerprint density at radius 2 is 1.66 bits per heavy atom. The van der Waals surface area contributed by atoms with Gasteiger partial charge in [0.1, 0.15) is 17.4 Å². The molecule has 0 radical (unpaired) electrons. The fourth-order valence-corrected chi connectivity index (χ4v) is 3.39. The van der Waals surface area contributed by atoms with Crippen molar-refractivity contribution in [2.75, 3.05) is 0 Å². The molecule has 3 rings (SSSR count). The van der Waals surface area contributed by atoms with Gasteiger partial charge >= 0.3 is 11.6 Å². The lowest BCUT2D eigenvalue weighted by atomic mass is 9.86. The van der Waals surface area contributed by atoms with E-state index >= 15 is 0 Å². The largest absolute Gasteiger partial charge is 0.425 e. The molecular formula is C26H29NO5. The number of carbonyl (C=O) groups excluding carboxylic acids is 2. The molecule has 6 heteroatoms. The second-order valence-electron chi connectivity index (χ2n) is 9.35. The average molecular weight is 436 g/mol. The van der Waals surface area contributed by atoms with Crippen molar-refractivity contribution in [2.45, 2.75) is 53.0 Å². The maximum Gasteiger partial charge on any atom is 0.336 e. The van der Waals surface area contributed by atoms with Crippen molar-refractivity contribution >= 4 is 22.8 Å². The van der Waals surface area contributed by atoms with Gasteiger partial charge in [0.05, 0.1) is 0 Å². The summed E-state index contributed by atoms with van der Waals surface area (Å²) in [4.78, 5) is 37.3. The molecule has 0 fully saturated rings. The number of amides is 1. The summed E-state index contributed by atoms with van der Waals surface area (Å²) in [7, 11) is 0. The third-order valence-electron chi connectivity index (χ3n) is 5.36. The molecule has 1 aromatic heterocycles. The van der Waals surface area contributed by atoms with Crippen molar-refractivity contribution in [3.05, 3.63) is 75.6 Å². The van der Waals surface area contributed by atoms with E-state index in [0.717, 1.165) is 16.5 Å². The van der Waals surface area contributed by atoms with Crippen molar-refractivity contribution in [1.29, 1.82) is 0 Å². The first-order chi connectivity index (χ1) is 15.0. The van der Waals surface area contributed by atoms with Gasteiger partial charge in [0, 0.05) is 23.1 Å². The normalized spacial score (nSPS) is 12.6. The number of fused-ring (bicyclic) bond motifs is 1. The van der Waals surface area contributed by atoms with Crippen LogP contribution in [0.5, 0.6) is 5.75 Å². The molecule has 0 spiro atoms. The highest BCUT2D eigenvalue weighted by atomic mass is 16.5. The van der Waals surface area contributed by atoms with E-state index in [9.17, 15) is 14.4 Å². The van der Waals surface area contributed by atoms with Gasteiger partial charge in [-0.25, -0.2) is 9.59 Å². The molecule has 1 N–H and O–H groups in total. The van der Waals surface area contributed by atoms with E-state index in [1.807, 2.05) is 32.9 Å². The number of hydrogen-bond donors (Lipinski definition) is 1. The van der Waals surface area contributed by atoms with Gasteiger partial charge in [-0.1, -0.05) is 46.8 Å². The first kappa shape index (κ1) is 23.3. The monoisotopic (exact) mass is 435 g/mol. The van der Waals surface area contributed by atoms with E-state index < -0.39 is 17.6 Å². The Kier molecular flexibility index (Phi) is 6.53. The summed E-state index contributed by atoms with van der Waals surface area (Å²) in [5.74, 6) is -0.887. The zero-order chi connectivity index (χ0) is 23.6. The summed E-state index contributed by atoms with van der Waals surface area (Å²) in [6, 6.07) is 12.8. The van der Waals surface area contributed by atoms with Crippen molar-refractivity contribution in [3.63, 3.8) is 0 Å². The fraction of sp³-hybridized carbons (Fsp3) is 0.346. The molecule has 0 saturated carbocycles. The Hall–Kier alpha value is -3.41. The van der Waals surface area contributed by atoms with Crippen molar-refractivity contribution in [1.82, 2.24) is 5.32 Å². The second-order valence-corrected chi connectivity index (χ2v) is 9.35. The number of aryl methyl sites for hydroxylation is 1. The molecule has 0 bridgehead atoms. The third kappa shape index (κ3) is 5.25. The van der Waals surface area contributed by atoms with Gasteiger partial charge < -0.3 is 14.5 Å². The van der Waals surface area contributed by atoms with Gasteiger partial charge in [-0.15, -0.1) is 0 Å². The molecule has 1 atom stereocenters. The second kappa shape index (κ2) is 8.99. The van der Waals surface area contributed by atoms with Crippen LogP contribution in [0.25, 0.3) is 11.0 Å². The Labute approximate surface area is 187 Å². The predicted molar refractivity (Wildman–Crippen MR) is 124 cm³/mol. The van der Waals surface area contributed by atoms with Gasteiger partial charge in [0.2, 0.25) is 0 Å². The zero-order valence-corrected chi connectivity index (χ0v) is 19.3. The third-order valence-corrected chi connectivity index (χ3v) is 5.36. The molecule has 3 aromatic rings. The minimum Gasteiger partial charge on any atom is -0.425 e. The van der Waals surface area contributed by atoms with Crippen LogP contribution in [0, 0.1) is 12.8 Å². The maximum atomic E-state index is 12.8. The molecule has 2 aromatic carbocycles. The Morgan fingerprint density at radius 1 is 1.00 bits per heavy atom. The lowest BCUT2D eigenvalue weighted by Gasteiger charge is -2.22. The lowest BCUT2D eigenvalue weighted by molar-refractivity contribution is -0.137. The van der Waals surface area contributed by atoms with E-state index in [2.05, 4.69) is 26.1 Å². The summed E-state index contributed by atoms with van der Waals surface area (Å²) in [5, 5.41) is 3.54. The maximum absolute atomic E-state index is 12.8. The predicted octanol–water partition coefficient (Wildman–Crippen LogP) is 4.76. The number of hydrogen-bond acceptors (Lipinski definition) is 5. The number of nitrogens with one attached hydrogen (secondary N) is 1. The van der Waals surface area contributed by atoms with Crippen LogP contribution in [0.4, 0.5) is 0 Å². The van der Waals surface area contributed by atoms with Gasteiger partial charge in [0.15, 0.2) is 0 Å². The van der Waals surface area contributed by atoms with Gasteiger partial charge in [-0.2, -0.15) is 0 Å². The van der Waals surface area contributed by atoms with E-state index in [1.165, 1.54) is 12.1 Å². The zero-order valence-electron chi connectivity index (χ0n) is 19.3. The summed E-state index contributed by atoms with van der Waals surface area (Å²) in [6.45, 7) is 11.8. The number of carbonyl (C=O) groups is 2. The van der Waals surface area contributed by atoms with E-state index in [1.54, 1.807) is 24.3 Å². The molecule has 168 valence electrons. The molecule has 1 unspecified atom stereocenters. The summed E-state index contributed by atoms with van der Waals surface area (Å²) < 4.78 is 10.7. The van der Waals surface area contributed by atoms with Crippen molar-refractivity contribution in [3.8, 4) is 5.75 Å². The highest BCUT2D eigenvalue weighted by Gasteiger charge is 2.27. The highest BCUT2D eigenvalue weighted by molar-refractivity contribution is 5.97. The summed E-state index contributed by atoms with van der Waals surface area (Å²) in [5.41, 5.74) is 2.22. The molecule has 0 saturated heterocycles. The molecule has 0 aliphatic rings. The standard InChI is InChI=1S/C26H29NO5/c1-15(2)23(27-24(29)17-7-9-18(10-8-17)26(4,5)6)25(30)31-19-11-12-20-16(3)13-22(28)32-21(20)14-19/h7-15,23H,1-6H3,(H,27,29). The van der Waals surface area contributed by atoms with E-state index in [4.69, 9.17) is 9.15 Å². The first-order valence-corrected chi connectivity index (χ1v) is 10.6. The Bertz CT molecular complexity index is 1200. The quantitative estimate of drug-likeness (QED) is 0.355. The number of ether oxygens (including phenoxy) is 1. The Morgan fingerprint density at radius 3 is 2.25 bits per heavy atom. The van der Waals surface area contributed by atoms with Gasteiger partial charge in [0.25, 0.3) is 5.91 Å². The van der Waals surface area contributed by atoms with Crippen molar-refractivity contribution in [2.24, 2.45) is 5.92 Å². The molecular weight excluding hydrogens is 406 g/mol. The summed E-state index contributed by atoms with van der Waals surface area (Å²) in [6.07, 6.45) is 0. The van der Waals surface area contributed by atoms with Crippen LogP contribution in [0.3, 0.4) is 0 Å². The van der Waals surface area contributed by atoms with Crippen LogP contribution in [-0.2, 0) is 10.2 Å². The molecule has 6 nitrogen and oxygen atoms in total. The minimum absolute atomic E-state index is 0.0170. The van der Waals surface area contributed by atoms with Gasteiger partial charge in [-0.05, 0) is 53.6 Å². The smallest absolute Gasteiger partial charge is 0.336 e. The lowest BCUT2D eigenvalue weighted by Crippen LogP contribution is -2.46. The highest BCUT2D eigenvalue weighted by Crippen LogP contribution is 2.24.